The van der Waals surface area contributed by atoms with Crippen molar-refractivity contribution in [2.45, 2.75) is 25.8 Å². The molecule has 0 aliphatic carbocycles. The van der Waals surface area contributed by atoms with Crippen molar-refractivity contribution in [3.05, 3.63) is 58.1 Å². The van der Waals surface area contributed by atoms with Crippen LogP contribution < -0.4 is 9.64 Å². The lowest BCUT2D eigenvalue weighted by molar-refractivity contribution is -0.143. The van der Waals surface area contributed by atoms with Crippen molar-refractivity contribution in [1.82, 2.24) is 4.90 Å². The quantitative estimate of drug-likeness (QED) is 0.642. The normalized spacial score (nSPS) is 18.3. The Morgan fingerprint density at radius 2 is 2.00 bits per heavy atom. The Hall–Kier alpha value is -2.05. The van der Waals surface area contributed by atoms with E-state index >= 15 is 0 Å². The largest absolute Gasteiger partial charge is 0.494 e. The summed E-state index contributed by atoms with van der Waals surface area (Å²) in [6.45, 7) is 3.96. The molecule has 0 spiro atoms. The second-order valence-electron chi connectivity index (χ2n) is 7.68. The van der Waals surface area contributed by atoms with E-state index in [0.29, 0.717) is 13.2 Å². The molecule has 1 aliphatic rings. The van der Waals surface area contributed by atoms with E-state index in [0.717, 1.165) is 46.4 Å². The number of ether oxygens (including phenoxy) is 1. The van der Waals surface area contributed by atoms with Gasteiger partial charge in [0.2, 0.25) is 0 Å². The smallest absolute Gasteiger partial charge is 0.307 e. The molecule has 1 saturated heterocycles. The fourth-order valence-corrected chi connectivity index (χ4v) is 4.38. The van der Waals surface area contributed by atoms with Gasteiger partial charge in [-0.25, -0.2) is 0 Å². The Morgan fingerprint density at radius 3 is 2.62 bits per heavy atom. The molecular weight excluding hydrogens is 432 g/mol. The summed E-state index contributed by atoms with van der Waals surface area (Å²) < 4.78 is 6.93. The number of hydrogen-bond donors (Lipinski definition) is 1. The third-order valence-electron chi connectivity index (χ3n) is 5.46. The fraction of sp³-hybridized carbons (Fsp3) is 0.435. The number of likely N-dealkylation sites (tertiary alicyclic amines) is 1. The lowest BCUT2D eigenvalue weighted by atomic mass is 9.91. The summed E-state index contributed by atoms with van der Waals surface area (Å²) in [7, 11) is 4.05. The van der Waals surface area contributed by atoms with Crippen molar-refractivity contribution in [2.24, 2.45) is 5.92 Å². The number of nitrogens with zero attached hydrogens (tertiary/aromatic N) is 2. The Balaban J connectivity index is 2.07. The molecule has 1 aliphatic heterocycles. The maximum absolute atomic E-state index is 11.7. The maximum atomic E-state index is 11.7. The van der Waals surface area contributed by atoms with Crippen molar-refractivity contribution in [3.8, 4) is 5.75 Å². The molecule has 2 atom stereocenters. The van der Waals surface area contributed by atoms with Crippen LogP contribution in [0.2, 0.25) is 0 Å². The van der Waals surface area contributed by atoms with Crippen LogP contribution in [0.4, 0.5) is 5.69 Å². The van der Waals surface area contributed by atoms with Crippen molar-refractivity contribution in [1.29, 1.82) is 0 Å². The summed E-state index contributed by atoms with van der Waals surface area (Å²) in [4.78, 5) is 16.0. The Bertz CT molecular complexity index is 839. The van der Waals surface area contributed by atoms with Gasteiger partial charge in [0.1, 0.15) is 5.75 Å². The molecule has 1 heterocycles. The van der Waals surface area contributed by atoms with Crippen LogP contribution in [0.5, 0.6) is 5.75 Å². The van der Waals surface area contributed by atoms with Gasteiger partial charge in [-0.1, -0.05) is 28.1 Å². The lowest BCUT2D eigenvalue weighted by Crippen LogP contribution is -2.41. The Morgan fingerprint density at radius 1 is 1.28 bits per heavy atom. The molecule has 2 unspecified atom stereocenters. The standard InChI is InChI=1S/C23H29BrN2O3/c1-4-29-21-12-9-18(24)14-20(21)22(16-7-10-19(11-8-16)25(2)3)26-13-5-6-17(15-26)23(27)28/h7-12,14,17,22H,4-6,13,15H2,1-3H3,(H,27,28). The molecule has 3 rings (SSSR count). The number of benzene rings is 2. The van der Waals surface area contributed by atoms with Crippen molar-refractivity contribution >= 4 is 27.6 Å². The zero-order chi connectivity index (χ0) is 21.0. The van der Waals surface area contributed by atoms with E-state index < -0.39 is 5.97 Å². The SMILES string of the molecule is CCOc1ccc(Br)cc1C(c1ccc(N(C)C)cc1)N1CCCC(C(=O)O)C1. The number of carbonyl (C=O) groups is 1. The molecule has 0 radical (unpaired) electrons. The number of carboxylic acids is 1. The predicted molar refractivity (Wildman–Crippen MR) is 120 cm³/mol. The third kappa shape index (κ3) is 5.11. The number of halogens is 1. The highest BCUT2D eigenvalue weighted by Gasteiger charge is 2.32. The lowest BCUT2D eigenvalue weighted by Gasteiger charge is -2.38. The highest BCUT2D eigenvalue weighted by Crippen LogP contribution is 2.39. The zero-order valence-corrected chi connectivity index (χ0v) is 18.9. The van der Waals surface area contributed by atoms with Gasteiger partial charge in [-0.2, -0.15) is 0 Å². The molecule has 2 aromatic rings. The summed E-state index contributed by atoms with van der Waals surface area (Å²) in [6.07, 6.45) is 1.61. The van der Waals surface area contributed by atoms with Crippen LogP contribution in [0.3, 0.4) is 0 Å². The first kappa shape index (κ1) is 21.7. The van der Waals surface area contributed by atoms with Crippen LogP contribution in [0.15, 0.2) is 46.9 Å². The number of carboxylic acid groups (broad SMARTS) is 1. The minimum atomic E-state index is -0.712. The maximum Gasteiger partial charge on any atom is 0.307 e. The van der Waals surface area contributed by atoms with Crippen LogP contribution in [0.1, 0.15) is 36.9 Å². The van der Waals surface area contributed by atoms with Gasteiger partial charge >= 0.3 is 5.97 Å². The third-order valence-corrected chi connectivity index (χ3v) is 5.95. The molecule has 0 aromatic heterocycles. The average Bonchev–Trinajstić information content (AvgIpc) is 2.71. The first-order chi connectivity index (χ1) is 13.9. The van der Waals surface area contributed by atoms with E-state index in [1.807, 2.05) is 33.2 Å². The van der Waals surface area contributed by atoms with Crippen molar-refractivity contribution in [3.63, 3.8) is 0 Å². The first-order valence-electron chi connectivity index (χ1n) is 10.1. The van der Waals surface area contributed by atoms with Gasteiger partial charge in [-0.05, 0) is 62.2 Å². The van der Waals surface area contributed by atoms with E-state index in [4.69, 9.17) is 4.74 Å². The van der Waals surface area contributed by atoms with Crippen molar-refractivity contribution < 1.29 is 14.6 Å². The minimum absolute atomic E-state index is 0.0626. The van der Waals surface area contributed by atoms with Gasteiger partial charge in [0, 0.05) is 36.4 Å². The molecular formula is C23H29BrN2O3. The number of hydrogen-bond acceptors (Lipinski definition) is 4. The predicted octanol–water partition coefficient (Wildman–Crippen LogP) is 4.80. The van der Waals surface area contributed by atoms with Crippen LogP contribution in [-0.2, 0) is 4.79 Å². The van der Waals surface area contributed by atoms with Gasteiger partial charge in [0.05, 0.1) is 18.6 Å². The van der Waals surface area contributed by atoms with Gasteiger partial charge < -0.3 is 14.7 Å². The van der Waals surface area contributed by atoms with Crippen LogP contribution in [0, 0.1) is 5.92 Å². The topological polar surface area (TPSA) is 53.0 Å². The van der Waals surface area contributed by atoms with Gasteiger partial charge in [0.15, 0.2) is 0 Å². The number of piperidine rings is 1. The van der Waals surface area contributed by atoms with Crippen LogP contribution in [-0.4, -0.2) is 49.8 Å². The molecule has 1 N–H and O–H groups in total. The van der Waals surface area contributed by atoms with E-state index in [1.54, 1.807) is 0 Å². The molecule has 0 bridgehead atoms. The summed E-state index contributed by atoms with van der Waals surface area (Å²) in [5.74, 6) is -0.208. The zero-order valence-electron chi connectivity index (χ0n) is 17.3. The Labute approximate surface area is 181 Å². The monoisotopic (exact) mass is 460 g/mol. The van der Waals surface area contributed by atoms with Crippen molar-refractivity contribution in [2.75, 3.05) is 38.7 Å². The molecule has 29 heavy (non-hydrogen) atoms. The van der Waals surface area contributed by atoms with Gasteiger partial charge in [0.25, 0.3) is 0 Å². The van der Waals surface area contributed by atoms with E-state index in [1.165, 1.54) is 0 Å². The summed E-state index contributed by atoms with van der Waals surface area (Å²) in [6, 6.07) is 14.5. The van der Waals surface area contributed by atoms with E-state index in [-0.39, 0.29) is 12.0 Å². The first-order valence-corrected chi connectivity index (χ1v) is 10.9. The highest BCUT2D eigenvalue weighted by atomic mass is 79.9. The van der Waals surface area contributed by atoms with Gasteiger partial charge in [-0.15, -0.1) is 0 Å². The molecule has 0 saturated carbocycles. The summed E-state index contributed by atoms with van der Waals surface area (Å²) in [5, 5.41) is 9.59. The van der Waals surface area contributed by atoms with E-state index in [2.05, 4.69) is 56.1 Å². The number of aliphatic carboxylic acids is 1. The minimum Gasteiger partial charge on any atom is -0.494 e. The second kappa shape index (κ2) is 9.63. The van der Waals surface area contributed by atoms with Gasteiger partial charge in [-0.3, -0.25) is 9.69 Å². The molecule has 5 nitrogen and oxygen atoms in total. The number of rotatable bonds is 7. The van der Waals surface area contributed by atoms with Crippen LogP contribution in [0.25, 0.3) is 0 Å². The second-order valence-corrected chi connectivity index (χ2v) is 8.59. The molecule has 156 valence electrons. The summed E-state index contributed by atoms with van der Waals surface area (Å²) in [5.41, 5.74) is 3.33. The molecule has 1 fully saturated rings. The Kier molecular flexibility index (Phi) is 7.19. The molecule has 6 heteroatoms. The molecule has 2 aromatic carbocycles. The molecule has 0 amide bonds. The van der Waals surface area contributed by atoms with Crippen LogP contribution >= 0.6 is 15.9 Å². The average molecular weight is 461 g/mol. The number of anilines is 1. The summed E-state index contributed by atoms with van der Waals surface area (Å²) >= 11 is 3.60. The fourth-order valence-electron chi connectivity index (χ4n) is 4.00. The highest BCUT2D eigenvalue weighted by molar-refractivity contribution is 9.10. The van der Waals surface area contributed by atoms with E-state index in [9.17, 15) is 9.90 Å².